The Hall–Kier alpha value is -2.14. The van der Waals surface area contributed by atoms with E-state index in [2.05, 4.69) is 9.80 Å². The van der Waals surface area contributed by atoms with E-state index in [0.29, 0.717) is 0 Å². The molecule has 0 amide bonds. The maximum Gasteiger partial charge on any atom is 0.250 e. The Kier molecular flexibility index (Phi) is 4.24. The molecule has 0 spiro atoms. The zero-order chi connectivity index (χ0) is 15.5. The molecule has 5 heteroatoms. The largest absolute Gasteiger partial charge is 0.369 e. The first-order valence-electron chi connectivity index (χ1n) is 7.50. The van der Waals surface area contributed by atoms with Crippen LogP contribution < -0.4 is 10.5 Å². The maximum atomic E-state index is 13.0. The highest BCUT2D eigenvalue weighted by Gasteiger charge is 2.17. The van der Waals surface area contributed by atoms with Crippen LogP contribution in [0.3, 0.4) is 0 Å². The van der Waals surface area contributed by atoms with Crippen molar-refractivity contribution in [2.75, 3.05) is 31.1 Å². The molecule has 0 unspecified atom stereocenters. The van der Waals surface area contributed by atoms with Gasteiger partial charge in [-0.25, -0.2) is 4.39 Å². The van der Waals surface area contributed by atoms with Gasteiger partial charge in [-0.1, -0.05) is 0 Å². The summed E-state index contributed by atoms with van der Waals surface area (Å²) in [7, 11) is 1.76. The molecule has 1 aromatic heterocycles. The highest BCUT2D eigenvalue weighted by molar-refractivity contribution is 5.46. The van der Waals surface area contributed by atoms with E-state index in [1.165, 1.54) is 12.1 Å². The Balaban J connectivity index is 1.58. The topological polar surface area (TPSA) is 28.5 Å². The van der Waals surface area contributed by atoms with Crippen molar-refractivity contribution in [2.24, 2.45) is 7.05 Å². The third kappa shape index (κ3) is 3.36. The van der Waals surface area contributed by atoms with Gasteiger partial charge in [0.25, 0.3) is 5.56 Å². The number of hydrogen-bond donors (Lipinski definition) is 0. The molecular weight excluding hydrogens is 281 g/mol. The summed E-state index contributed by atoms with van der Waals surface area (Å²) in [5.41, 5.74) is 2.15. The van der Waals surface area contributed by atoms with Crippen molar-refractivity contribution >= 4 is 5.69 Å². The second kappa shape index (κ2) is 6.32. The summed E-state index contributed by atoms with van der Waals surface area (Å²) in [6.45, 7) is 4.50. The van der Waals surface area contributed by atoms with Gasteiger partial charge in [-0.15, -0.1) is 0 Å². The predicted molar refractivity (Wildman–Crippen MR) is 85.6 cm³/mol. The average Bonchev–Trinajstić information content (AvgIpc) is 2.53. The highest BCUT2D eigenvalue weighted by atomic mass is 19.1. The molecule has 0 N–H and O–H groups in total. The maximum absolute atomic E-state index is 13.0. The van der Waals surface area contributed by atoms with Crippen LogP contribution in [-0.4, -0.2) is 35.6 Å². The van der Waals surface area contributed by atoms with Crippen molar-refractivity contribution in [3.63, 3.8) is 0 Å². The Bertz CT molecular complexity index is 688. The summed E-state index contributed by atoms with van der Waals surface area (Å²) < 4.78 is 14.5. The molecule has 2 heterocycles. The van der Waals surface area contributed by atoms with Gasteiger partial charge in [-0.3, -0.25) is 9.69 Å². The Labute approximate surface area is 129 Å². The second-order valence-electron chi connectivity index (χ2n) is 5.72. The minimum atomic E-state index is -0.201. The molecule has 0 bridgehead atoms. The molecule has 1 aliphatic rings. The van der Waals surface area contributed by atoms with Gasteiger partial charge in [0.05, 0.1) is 0 Å². The Morgan fingerprint density at radius 3 is 2.36 bits per heavy atom. The number of benzene rings is 1. The lowest BCUT2D eigenvalue weighted by atomic mass is 10.2. The quantitative estimate of drug-likeness (QED) is 0.866. The van der Waals surface area contributed by atoms with Gasteiger partial charge in [-0.05, 0) is 35.9 Å². The van der Waals surface area contributed by atoms with E-state index < -0.39 is 0 Å². The molecule has 0 atom stereocenters. The van der Waals surface area contributed by atoms with E-state index in [4.69, 9.17) is 0 Å². The average molecular weight is 301 g/mol. The number of nitrogens with zero attached hydrogens (tertiary/aromatic N) is 3. The molecule has 1 aliphatic heterocycles. The first-order valence-corrected chi connectivity index (χ1v) is 7.50. The number of hydrogen-bond acceptors (Lipinski definition) is 3. The SMILES string of the molecule is Cn1ccc(CN2CCN(c3ccc(F)cc3)CC2)cc1=O. The lowest BCUT2D eigenvalue weighted by Gasteiger charge is -2.36. The zero-order valence-corrected chi connectivity index (χ0v) is 12.7. The summed E-state index contributed by atoms with van der Waals surface area (Å²) in [4.78, 5) is 16.3. The van der Waals surface area contributed by atoms with Crippen LogP contribution in [0.2, 0.25) is 0 Å². The van der Waals surface area contributed by atoms with Crippen molar-refractivity contribution in [3.8, 4) is 0 Å². The summed E-state index contributed by atoms with van der Waals surface area (Å²) in [5, 5.41) is 0. The molecule has 22 heavy (non-hydrogen) atoms. The summed E-state index contributed by atoms with van der Waals surface area (Å²) in [6.07, 6.45) is 1.81. The molecule has 0 saturated carbocycles. The molecule has 116 valence electrons. The van der Waals surface area contributed by atoms with Crippen molar-refractivity contribution in [1.82, 2.24) is 9.47 Å². The van der Waals surface area contributed by atoms with Gasteiger partial charge < -0.3 is 9.47 Å². The molecular formula is C17H20FN3O. The Morgan fingerprint density at radius 1 is 1.05 bits per heavy atom. The third-order valence-electron chi connectivity index (χ3n) is 4.14. The molecule has 1 fully saturated rings. The molecule has 4 nitrogen and oxygen atoms in total. The molecule has 0 radical (unpaired) electrons. The number of pyridine rings is 1. The third-order valence-corrected chi connectivity index (χ3v) is 4.14. The second-order valence-corrected chi connectivity index (χ2v) is 5.72. The normalized spacial score (nSPS) is 16.0. The number of rotatable bonds is 3. The predicted octanol–water partition coefficient (Wildman–Crippen LogP) is 1.85. The van der Waals surface area contributed by atoms with Crippen LogP contribution in [0.15, 0.2) is 47.4 Å². The van der Waals surface area contributed by atoms with Crippen LogP contribution in [0, 0.1) is 5.82 Å². The van der Waals surface area contributed by atoms with Crippen molar-refractivity contribution in [2.45, 2.75) is 6.54 Å². The fraction of sp³-hybridized carbons (Fsp3) is 0.353. The van der Waals surface area contributed by atoms with E-state index in [1.54, 1.807) is 17.7 Å². The molecule has 2 aromatic rings. The standard InChI is InChI=1S/C17H20FN3O/c1-19-7-6-14(12-17(19)22)13-20-8-10-21(11-9-20)16-4-2-15(18)3-5-16/h2-7,12H,8-11,13H2,1H3. The van der Waals surface area contributed by atoms with Crippen molar-refractivity contribution in [3.05, 3.63) is 64.3 Å². The fourth-order valence-electron chi connectivity index (χ4n) is 2.76. The number of aromatic nitrogens is 1. The first kappa shape index (κ1) is 14.8. The van der Waals surface area contributed by atoms with E-state index >= 15 is 0 Å². The summed E-state index contributed by atoms with van der Waals surface area (Å²) in [5.74, 6) is -0.201. The molecule has 1 saturated heterocycles. The number of piperazine rings is 1. The highest BCUT2D eigenvalue weighted by Crippen LogP contribution is 2.17. The van der Waals surface area contributed by atoms with E-state index in [1.807, 2.05) is 24.4 Å². The van der Waals surface area contributed by atoms with Gasteiger partial charge in [-0.2, -0.15) is 0 Å². The van der Waals surface area contributed by atoms with Crippen LogP contribution in [0.4, 0.5) is 10.1 Å². The van der Waals surface area contributed by atoms with E-state index in [-0.39, 0.29) is 11.4 Å². The van der Waals surface area contributed by atoms with E-state index in [9.17, 15) is 9.18 Å². The van der Waals surface area contributed by atoms with Gasteiger partial charge >= 0.3 is 0 Å². The number of halogens is 1. The van der Waals surface area contributed by atoms with Gasteiger partial charge in [0.2, 0.25) is 0 Å². The Morgan fingerprint density at radius 2 is 1.73 bits per heavy atom. The number of anilines is 1. The van der Waals surface area contributed by atoms with Crippen LogP contribution in [0.1, 0.15) is 5.56 Å². The zero-order valence-electron chi connectivity index (χ0n) is 12.7. The lowest BCUT2D eigenvalue weighted by molar-refractivity contribution is 0.249. The van der Waals surface area contributed by atoms with Gasteiger partial charge in [0.15, 0.2) is 0 Å². The fourth-order valence-corrected chi connectivity index (χ4v) is 2.76. The van der Waals surface area contributed by atoms with E-state index in [0.717, 1.165) is 44.0 Å². The number of aryl methyl sites for hydroxylation is 1. The molecule has 1 aromatic carbocycles. The smallest absolute Gasteiger partial charge is 0.250 e. The monoisotopic (exact) mass is 301 g/mol. The summed E-state index contributed by atoms with van der Waals surface area (Å²) in [6, 6.07) is 10.3. The minimum Gasteiger partial charge on any atom is -0.369 e. The van der Waals surface area contributed by atoms with Gasteiger partial charge in [0, 0.05) is 57.7 Å². The van der Waals surface area contributed by atoms with Crippen LogP contribution in [0.5, 0.6) is 0 Å². The first-order chi connectivity index (χ1) is 10.6. The minimum absolute atomic E-state index is 0.0300. The van der Waals surface area contributed by atoms with Crippen molar-refractivity contribution < 1.29 is 4.39 Å². The molecule has 0 aliphatic carbocycles. The van der Waals surface area contributed by atoms with Crippen LogP contribution >= 0.6 is 0 Å². The van der Waals surface area contributed by atoms with Crippen LogP contribution in [-0.2, 0) is 13.6 Å². The summed E-state index contributed by atoms with van der Waals surface area (Å²) >= 11 is 0. The molecule has 3 rings (SSSR count). The lowest BCUT2D eigenvalue weighted by Crippen LogP contribution is -2.46. The van der Waals surface area contributed by atoms with Gasteiger partial charge in [0.1, 0.15) is 5.82 Å². The van der Waals surface area contributed by atoms with Crippen LogP contribution in [0.25, 0.3) is 0 Å². The van der Waals surface area contributed by atoms with Crippen molar-refractivity contribution in [1.29, 1.82) is 0 Å².